The first-order chi connectivity index (χ1) is 9.63. The van der Waals surface area contributed by atoms with Gasteiger partial charge in [-0.15, -0.1) is 0 Å². The lowest BCUT2D eigenvalue weighted by atomic mass is 9.95. The first-order valence-corrected chi connectivity index (χ1v) is 7.25. The van der Waals surface area contributed by atoms with Crippen molar-refractivity contribution < 1.29 is 4.39 Å². The highest BCUT2D eigenvalue weighted by Gasteiger charge is 2.16. The monoisotopic (exact) mass is 291 g/mol. The maximum absolute atomic E-state index is 13.3. The molecule has 20 heavy (non-hydrogen) atoms. The molecule has 0 aliphatic carbocycles. The van der Waals surface area contributed by atoms with E-state index in [9.17, 15) is 4.39 Å². The van der Waals surface area contributed by atoms with Gasteiger partial charge >= 0.3 is 0 Å². The van der Waals surface area contributed by atoms with E-state index in [1.54, 1.807) is 12.1 Å². The summed E-state index contributed by atoms with van der Waals surface area (Å²) in [5.74, 6) is -0.380. The van der Waals surface area contributed by atoms with E-state index in [0.29, 0.717) is 0 Å². The van der Waals surface area contributed by atoms with Gasteiger partial charge in [0, 0.05) is 0 Å². The summed E-state index contributed by atoms with van der Waals surface area (Å²) in [6.07, 6.45) is 1.04. The van der Waals surface area contributed by atoms with Crippen molar-refractivity contribution in [3.63, 3.8) is 0 Å². The molecular weight excluding hydrogens is 273 g/mol. The summed E-state index contributed by atoms with van der Waals surface area (Å²) in [5.41, 5.74) is 3.39. The zero-order valence-corrected chi connectivity index (χ0v) is 12.5. The molecule has 1 atom stereocenters. The van der Waals surface area contributed by atoms with Crippen molar-refractivity contribution in [1.82, 2.24) is 5.32 Å². The first kappa shape index (κ1) is 15.0. The van der Waals surface area contributed by atoms with Crippen LogP contribution in [0.25, 0.3) is 0 Å². The van der Waals surface area contributed by atoms with E-state index >= 15 is 0 Å². The van der Waals surface area contributed by atoms with Gasteiger partial charge in [-0.1, -0.05) is 48.9 Å². The lowest BCUT2D eigenvalue weighted by Gasteiger charge is -2.21. The van der Waals surface area contributed by atoms with Gasteiger partial charge in [0.1, 0.15) is 5.82 Å². The van der Waals surface area contributed by atoms with Gasteiger partial charge in [0.05, 0.1) is 11.1 Å². The molecule has 2 aromatic carbocycles. The Bertz CT molecular complexity index is 583. The van der Waals surface area contributed by atoms with Gasteiger partial charge in [0.25, 0.3) is 0 Å². The van der Waals surface area contributed by atoms with Crippen molar-refractivity contribution in [2.24, 2.45) is 0 Å². The van der Waals surface area contributed by atoms with E-state index in [0.717, 1.165) is 18.5 Å². The first-order valence-electron chi connectivity index (χ1n) is 6.87. The molecule has 0 aliphatic rings. The minimum atomic E-state index is -0.380. The Morgan fingerprint density at radius 3 is 2.60 bits per heavy atom. The second-order valence-corrected chi connectivity index (χ2v) is 5.32. The Morgan fingerprint density at radius 2 is 1.95 bits per heavy atom. The van der Waals surface area contributed by atoms with Gasteiger partial charge < -0.3 is 5.32 Å². The standard InChI is InChI=1S/C17H19ClFN/c1-3-10-20-17(14-7-5-4-6-12(14)2)13-8-9-16(19)15(18)11-13/h4-9,11,17,20H,3,10H2,1-2H3. The van der Waals surface area contributed by atoms with Crippen LogP contribution in [-0.4, -0.2) is 6.54 Å². The number of nitrogens with one attached hydrogen (secondary N) is 1. The summed E-state index contributed by atoms with van der Waals surface area (Å²) in [6.45, 7) is 5.11. The zero-order valence-electron chi connectivity index (χ0n) is 11.8. The molecule has 2 aromatic rings. The topological polar surface area (TPSA) is 12.0 Å². The number of aryl methyl sites for hydroxylation is 1. The van der Waals surface area contributed by atoms with Crippen LogP contribution < -0.4 is 5.32 Å². The molecule has 1 nitrogen and oxygen atoms in total. The summed E-state index contributed by atoms with van der Waals surface area (Å²) in [7, 11) is 0. The fourth-order valence-electron chi connectivity index (χ4n) is 2.30. The molecule has 0 aromatic heterocycles. The van der Waals surface area contributed by atoms with E-state index in [2.05, 4.69) is 31.3 Å². The third-order valence-electron chi connectivity index (χ3n) is 3.37. The van der Waals surface area contributed by atoms with Crippen LogP contribution in [0.4, 0.5) is 4.39 Å². The van der Waals surface area contributed by atoms with E-state index in [-0.39, 0.29) is 16.9 Å². The van der Waals surface area contributed by atoms with Crippen LogP contribution in [0.15, 0.2) is 42.5 Å². The van der Waals surface area contributed by atoms with Crippen LogP contribution in [0.2, 0.25) is 5.02 Å². The van der Waals surface area contributed by atoms with Gasteiger partial charge in [-0.3, -0.25) is 0 Å². The summed E-state index contributed by atoms with van der Waals surface area (Å²) < 4.78 is 13.3. The second-order valence-electron chi connectivity index (χ2n) is 4.92. The van der Waals surface area contributed by atoms with Crippen LogP contribution >= 0.6 is 11.6 Å². The number of rotatable bonds is 5. The fourth-order valence-corrected chi connectivity index (χ4v) is 2.49. The summed E-state index contributed by atoms with van der Waals surface area (Å²) in [4.78, 5) is 0. The Kier molecular flexibility index (Phi) is 5.16. The van der Waals surface area contributed by atoms with Crippen molar-refractivity contribution in [1.29, 1.82) is 0 Å². The molecule has 0 saturated heterocycles. The lowest BCUT2D eigenvalue weighted by molar-refractivity contribution is 0.591. The largest absolute Gasteiger partial charge is 0.306 e. The lowest BCUT2D eigenvalue weighted by Crippen LogP contribution is -2.24. The molecule has 0 fully saturated rings. The smallest absolute Gasteiger partial charge is 0.141 e. The van der Waals surface area contributed by atoms with Gasteiger partial charge in [-0.25, -0.2) is 4.39 Å². The summed E-state index contributed by atoms with van der Waals surface area (Å²) in [5, 5.41) is 3.67. The molecule has 0 saturated carbocycles. The zero-order chi connectivity index (χ0) is 14.5. The van der Waals surface area contributed by atoms with Crippen molar-refractivity contribution in [3.05, 3.63) is 70.0 Å². The van der Waals surface area contributed by atoms with Crippen molar-refractivity contribution in [2.45, 2.75) is 26.3 Å². The molecule has 0 amide bonds. The van der Waals surface area contributed by atoms with E-state index in [1.807, 2.05) is 12.1 Å². The maximum atomic E-state index is 13.3. The molecule has 0 bridgehead atoms. The van der Waals surface area contributed by atoms with Gasteiger partial charge in [-0.05, 0) is 48.7 Å². The quantitative estimate of drug-likeness (QED) is 0.828. The molecular formula is C17H19ClFN. The second kappa shape index (κ2) is 6.87. The minimum absolute atomic E-state index is 0.0363. The average molecular weight is 292 g/mol. The predicted molar refractivity (Wildman–Crippen MR) is 82.7 cm³/mol. The SMILES string of the molecule is CCCNC(c1ccc(F)c(Cl)c1)c1ccccc1C. The van der Waals surface area contributed by atoms with Crippen molar-refractivity contribution in [3.8, 4) is 0 Å². The summed E-state index contributed by atoms with van der Waals surface area (Å²) >= 11 is 5.92. The molecule has 1 N–H and O–H groups in total. The number of hydrogen-bond acceptors (Lipinski definition) is 1. The third-order valence-corrected chi connectivity index (χ3v) is 3.66. The normalized spacial score (nSPS) is 12.4. The Labute approximate surface area is 124 Å². The molecule has 0 spiro atoms. The molecule has 106 valence electrons. The van der Waals surface area contributed by atoms with Gasteiger partial charge in [0.15, 0.2) is 0 Å². The van der Waals surface area contributed by atoms with Crippen LogP contribution in [0.1, 0.15) is 36.1 Å². The predicted octanol–water partition coefficient (Wildman–Crippen LogP) is 4.88. The van der Waals surface area contributed by atoms with Crippen LogP contribution in [-0.2, 0) is 0 Å². The third kappa shape index (κ3) is 3.38. The highest BCUT2D eigenvalue weighted by molar-refractivity contribution is 6.30. The average Bonchev–Trinajstić information content (AvgIpc) is 2.44. The number of hydrogen-bond donors (Lipinski definition) is 1. The molecule has 0 heterocycles. The highest BCUT2D eigenvalue weighted by Crippen LogP contribution is 2.27. The van der Waals surface area contributed by atoms with E-state index in [1.165, 1.54) is 17.2 Å². The van der Waals surface area contributed by atoms with E-state index in [4.69, 9.17) is 11.6 Å². The summed E-state index contributed by atoms with van der Waals surface area (Å²) in [6, 6.07) is 13.2. The minimum Gasteiger partial charge on any atom is -0.306 e. The molecule has 2 rings (SSSR count). The Hall–Kier alpha value is -1.38. The maximum Gasteiger partial charge on any atom is 0.141 e. The molecule has 0 radical (unpaired) electrons. The Balaban J connectivity index is 2.41. The fraction of sp³-hybridized carbons (Fsp3) is 0.294. The number of halogens is 2. The Morgan fingerprint density at radius 1 is 1.20 bits per heavy atom. The highest BCUT2D eigenvalue weighted by atomic mass is 35.5. The van der Waals surface area contributed by atoms with Gasteiger partial charge in [-0.2, -0.15) is 0 Å². The number of benzene rings is 2. The van der Waals surface area contributed by atoms with Crippen LogP contribution in [0.5, 0.6) is 0 Å². The van der Waals surface area contributed by atoms with Crippen LogP contribution in [0.3, 0.4) is 0 Å². The molecule has 0 aliphatic heterocycles. The van der Waals surface area contributed by atoms with Crippen molar-refractivity contribution in [2.75, 3.05) is 6.54 Å². The molecule has 1 unspecified atom stereocenters. The van der Waals surface area contributed by atoms with E-state index < -0.39 is 0 Å². The van der Waals surface area contributed by atoms with Gasteiger partial charge in [0.2, 0.25) is 0 Å². The van der Waals surface area contributed by atoms with Crippen molar-refractivity contribution >= 4 is 11.6 Å². The molecule has 3 heteroatoms. The van der Waals surface area contributed by atoms with Crippen LogP contribution in [0, 0.1) is 12.7 Å².